The third-order valence-electron chi connectivity index (χ3n) is 3.09. The summed E-state index contributed by atoms with van der Waals surface area (Å²) < 4.78 is 3.96. The van der Waals surface area contributed by atoms with Crippen molar-refractivity contribution in [3.05, 3.63) is 42.0 Å². The molecule has 0 aliphatic carbocycles. The molecule has 0 atom stereocenters. The fourth-order valence-corrected chi connectivity index (χ4v) is 2.01. The quantitative estimate of drug-likeness (QED) is 0.747. The second-order valence-electron chi connectivity index (χ2n) is 5.13. The SMILES string of the molecule is CCCC(=O)c1ccn(Cc2ccn(C(C)C)n2)c1. The van der Waals surface area contributed by atoms with Crippen molar-refractivity contribution >= 4 is 5.78 Å². The molecule has 0 unspecified atom stereocenters. The number of Topliss-reactive ketones (excluding diaryl/α,β-unsaturated/α-hetero) is 1. The molecule has 0 aliphatic heterocycles. The summed E-state index contributed by atoms with van der Waals surface area (Å²) >= 11 is 0. The Morgan fingerprint density at radius 1 is 1.32 bits per heavy atom. The Balaban J connectivity index is 2.04. The second-order valence-corrected chi connectivity index (χ2v) is 5.13. The lowest BCUT2D eigenvalue weighted by Crippen LogP contribution is -2.04. The van der Waals surface area contributed by atoms with Gasteiger partial charge in [-0.1, -0.05) is 6.92 Å². The average molecular weight is 259 g/mol. The minimum atomic E-state index is 0.217. The van der Waals surface area contributed by atoms with E-state index in [0.717, 1.165) is 17.7 Å². The van der Waals surface area contributed by atoms with Crippen molar-refractivity contribution < 1.29 is 4.79 Å². The molecule has 0 amide bonds. The molecule has 0 aliphatic rings. The molecule has 102 valence electrons. The lowest BCUT2D eigenvalue weighted by atomic mass is 10.1. The third kappa shape index (κ3) is 3.34. The number of rotatable bonds is 6. The topological polar surface area (TPSA) is 39.8 Å². The molecule has 19 heavy (non-hydrogen) atoms. The van der Waals surface area contributed by atoms with Crippen LogP contribution in [0.3, 0.4) is 0 Å². The molecule has 2 rings (SSSR count). The number of hydrogen-bond donors (Lipinski definition) is 0. The molecule has 0 saturated heterocycles. The maximum absolute atomic E-state index is 11.8. The van der Waals surface area contributed by atoms with Crippen molar-refractivity contribution in [3.8, 4) is 0 Å². The van der Waals surface area contributed by atoms with Gasteiger partial charge in [0.25, 0.3) is 0 Å². The van der Waals surface area contributed by atoms with Crippen LogP contribution < -0.4 is 0 Å². The van der Waals surface area contributed by atoms with Crippen molar-refractivity contribution in [3.63, 3.8) is 0 Å². The van der Waals surface area contributed by atoms with Crippen LogP contribution in [0.2, 0.25) is 0 Å². The van der Waals surface area contributed by atoms with E-state index in [9.17, 15) is 4.79 Å². The van der Waals surface area contributed by atoms with Crippen molar-refractivity contribution in [2.24, 2.45) is 0 Å². The first-order chi connectivity index (χ1) is 9.10. The van der Waals surface area contributed by atoms with Crippen LogP contribution in [-0.2, 0) is 6.54 Å². The molecule has 0 spiro atoms. The second kappa shape index (κ2) is 5.87. The average Bonchev–Trinajstić information content (AvgIpc) is 2.99. The normalized spacial score (nSPS) is 11.2. The third-order valence-corrected chi connectivity index (χ3v) is 3.09. The summed E-state index contributed by atoms with van der Waals surface area (Å²) in [4.78, 5) is 11.8. The Hall–Kier alpha value is -1.84. The molecule has 0 fully saturated rings. The highest BCUT2D eigenvalue weighted by molar-refractivity contribution is 5.95. The van der Waals surface area contributed by atoms with Crippen LogP contribution in [0.15, 0.2) is 30.7 Å². The molecule has 4 heteroatoms. The summed E-state index contributed by atoms with van der Waals surface area (Å²) in [6, 6.07) is 4.28. The van der Waals surface area contributed by atoms with E-state index in [1.807, 2.05) is 46.9 Å². The highest BCUT2D eigenvalue weighted by Gasteiger charge is 2.07. The van der Waals surface area contributed by atoms with E-state index in [-0.39, 0.29) is 5.78 Å². The van der Waals surface area contributed by atoms with E-state index in [0.29, 0.717) is 19.0 Å². The van der Waals surface area contributed by atoms with Gasteiger partial charge in [-0.2, -0.15) is 5.10 Å². The van der Waals surface area contributed by atoms with Gasteiger partial charge in [-0.25, -0.2) is 0 Å². The van der Waals surface area contributed by atoms with E-state index >= 15 is 0 Å². The standard InChI is InChI=1S/C15H21N3O/c1-4-5-15(19)13-6-8-17(10-13)11-14-7-9-18(16-14)12(2)3/h6-10,12H,4-5,11H2,1-3H3. The number of hydrogen-bond acceptors (Lipinski definition) is 2. The van der Waals surface area contributed by atoms with Gasteiger partial charge in [-0.3, -0.25) is 9.48 Å². The van der Waals surface area contributed by atoms with Gasteiger partial charge in [0.2, 0.25) is 0 Å². The van der Waals surface area contributed by atoms with Crippen molar-refractivity contribution in [2.75, 3.05) is 0 Å². The highest BCUT2D eigenvalue weighted by atomic mass is 16.1. The molecule has 0 N–H and O–H groups in total. The van der Waals surface area contributed by atoms with Crippen LogP contribution in [0.25, 0.3) is 0 Å². The van der Waals surface area contributed by atoms with Gasteiger partial charge in [-0.05, 0) is 32.4 Å². The molecule has 0 radical (unpaired) electrons. The molecule has 0 saturated carbocycles. The predicted molar refractivity (Wildman–Crippen MR) is 75.4 cm³/mol. The molecular formula is C15H21N3O. The summed E-state index contributed by atoms with van der Waals surface area (Å²) in [7, 11) is 0. The fourth-order valence-electron chi connectivity index (χ4n) is 2.01. The van der Waals surface area contributed by atoms with Gasteiger partial charge in [0.15, 0.2) is 5.78 Å². The minimum Gasteiger partial charge on any atom is -0.348 e. The molecule has 2 aromatic heterocycles. The van der Waals surface area contributed by atoms with Crippen molar-refractivity contribution in [1.29, 1.82) is 0 Å². The summed E-state index contributed by atoms with van der Waals surface area (Å²) in [6.07, 6.45) is 7.35. The molecule has 2 heterocycles. The van der Waals surface area contributed by atoms with Crippen LogP contribution in [0, 0.1) is 0 Å². The first-order valence-corrected chi connectivity index (χ1v) is 6.83. The zero-order chi connectivity index (χ0) is 13.8. The number of carbonyl (C=O) groups is 1. The first-order valence-electron chi connectivity index (χ1n) is 6.83. The van der Waals surface area contributed by atoms with Gasteiger partial charge in [0, 0.05) is 36.6 Å². The van der Waals surface area contributed by atoms with E-state index in [1.54, 1.807) is 0 Å². The van der Waals surface area contributed by atoms with Crippen LogP contribution in [0.1, 0.15) is 55.7 Å². The number of nitrogens with zero attached hydrogens (tertiary/aromatic N) is 3. The predicted octanol–water partition coefficient (Wildman–Crippen LogP) is 3.30. The van der Waals surface area contributed by atoms with E-state index in [4.69, 9.17) is 0 Å². The van der Waals surface area contributed by atoms with E-state index in [2.05, 4.69) is 18.9 Å². The lowest BCUT2D eigenvalue weighted by molar-refractivity contribution is 0.0981. The maximum atomic E-state index is 11.8. The highest BCUT2D eigenvalue weighted by Crippen LogP contribution is 2.10. The zero-order valence-corrected chi connectivity index (χ0v) is 11.8. The van der Waals surface area contributed by atoms with Gasteiger partial charge in [0.05, 0.1) is 12.2 Å². The number of aromatic nitrogens is 3. The molecule has 4 nitrogen and oxygen atoms in total. The smallest absolute Gasteiger partial charge is 0.164 e. The Labute approximate surface area is 114 Å². The van der Waals surface area contributed by atoms with Gasteiger partial charge in [0.1, 0.15) is 0 Å². The molecule has 0 aromatic carbocycles. The summed E-state index contributed by atoms with van der Waals surface area (Å²) in [5.74, 6) is 0.217. The maximum Gasteiger partial charge on any atom is 0.164 e. The molecule has 2 aromatic rings. The van der Waals surface area contributed by atoms with E-state index < -0.39 is 0 Å². The van der Waals surface area contributed by atoms with Gasteiger partial charge in [-0.15, -0.1) is 0 Å². The van der Waals surface area contributed by atoms with Crippen LogP contribution in [-0.4, -0.2) is 20.1 Å². The van der Waals surface area contributed by atoms with Gasteiger partial charge < -0.3 is 4.57 Å². The Morgan fingerprint density at radius 2 is 2.11 bits per heavy atom. The minimum absolute atomic E-state index is 0.217. The van der Waals surface area contributed by atoms with Crippen molar-refractivity contribution in [1.82, 2.24) is 14.3 Å². The van der Waals surface area contributed by atoms with Gasteiger partial charge >= 0.3 is 0 Å². The lowest BCUT2D eigenvalue weighted by Gasteiger charge is -2.04. The fraction of sp³-hybridized carbons (Fsp3) is 0.467. The molecular weight excluding hydrogens is 238 g/mol. The Bertz CT molecular complexity index is 551. The summed E-state index contributed by atoms with van der Waals surface area (Å²) in [6.45, 7) is 6.94. The summed E-state index contributed by atoms with van der Waals surface area (Å²) in [5.41, 5.74) is 1.81. The van der Waals surface area contributed by atoms with Crippen LogP contribution >= 0.6 is 0 Å². The zero-order valence-electron chi connectivity index (χ0n) is 11.8. The first kappa shape index (κ1) is 13.6. The Kier molecular flexibility index (Phi) is 4.20. The monoisotopic (exact) mass is 259 g/mol. The Morgan fingerprint density at radius 3 is 2.74 bits per heavy atom. The summed E-state index contributed by atoms with van der Waals surface area (Å²) in [5, 5.41) is 4.51. The number of ketones is 1. The number of carbonyl (C=O) groups excluding carboxylic acids is 1. The molecule has 0 bridgehead atoms. The van der Waals surface area contributed by atoms with Crippen LogP contribution in [0.4, 0.5) is 0 Å². The van der Waals surface area contributed by atoms with E-state index in [1.165, 1.54) is 0 Å². The van der Waals surface area contributed by atoms with Crippen LogP contribution in [0.5, 0.6) is 0 Å². The van der Waals surface area contributed by atoms with Crippen molar-refractivity contribution in [2.45, 2.75) is 46.2 Å². The largest absolute Gasteiger partial charge is 0.348 e.